The van der Waals surface area contributed by atoms with Gasteiger partial charge < -0.3 is 0 Å². The van der Waals surface area contributed by atoms with Crippen molar-refractivity contribution in [3.05, 3.63) is 400 Å². The van der Waals surface area contributed by atoms with Crippen LogP contribution in [0.4, 0.5) is 0 Å². The highest BCUT2D eigenvalue weighted by Gasteiger charge is 2.19. The summed E-state index contributed by atoms with van der Waals surface area (Å²) in [5.41, 5.74) is 19.5. The van der Waals surface area contributed by atoms with Crippen LogP contribution in [0, 0.1) is 0 Å². The molecule has 20 aromatic rings. The monoisotopic (exact) mass is 1430 g/mol. The number of rotatable bonds is 14. The van der Waals surface area contributed by atoms with Crippen LogP contribution in [0.1, 0.15) is 0 Å². The lowest BCUT2D eigenvalue weighted by atomic mass is 9.98. The molecule has 0 aliphatic carbocycles. The van der Waals surface area contributed by atoms with Gasteiger partial charge in [-0.25, -0.2) is 49.8 Å². The molecule has 10 nitrogen and oxygen atoms in total. The van der Waals surface area contributed by atoms with E-state index in [9.17, 15) is 0 Å². The summed E-state index contributed by atoms with van der Waals surface area (Å²) in [6.45, 7) is 0. The van der Waals surface area contributed by atoms with Crippen LogP contribution >= 0.6 is 0 Å². The Morgan fingerprint density at radius 2 is 0.330 bits per heavy atom. The molecule has 0 saturated heterocycles. The van der Waals surface area contributed by atoms with E-state index in [1.807, 2.05) is 158 Å². The van der Waals surface area contributed by atoms with Crippen molar-refractivity contribution in [3.8, 4) is 158 Å². The number of benzene rings is 16. The van der Waals surface area contributed by atoms with E-state index < -0.39 is 0 Å². The van der Waals surface area contributed by atoms with Gasteiger partial charge in [-0.1, -0.05) is 364 Å². The molecule has 4 aromatic heterocycles. The maximum atomic E-state index is 5.19. The largest absolute Gasteiger partial charge is 0.228 e. The zero-order valence-electron chi connectivity index (χ0n) is 60.6. The first kappa shape index (κ1) is 67.4. The van der Waals surface area contributed by atoms with Crippen LogP contribution in [0.15, 0.2) is 400 Å². The molecule has 20 rings (SSSR count). The number of nitrogens with zero attached hydrogens (tertiary/aromatic N) is 10. The molecule has 0 bridgehead atoms. The van der Waals surface area contributed by atoms with Gasteiger partial charge >= 0.3 is 0 Å². The zero-order chi connectivity index (χ0) is 74.5. The fourth-order valence-corrected chi connectivity index (χ4v) is 14.5. The standard InChI is InChI=1S/2C51H33N5/c1-4-14-36(15-5-1)48-52-46(33-47(53-48)43-29-30-45-41(32-43)28-25-35-13-10-11-22-44(35)45)42-21-12-20-40(31-42)34-23-26-39(27-24-34)51-55-49(37-16-6-2-7-17-37)54-50(56-51)38-18-8-3-9-19-38;1-4-14-36(15-5-1)46-33-47(53-51(52-46)43-29-30-45-41(32-43)28-25-35-13-10-11-22-44(35)45)42-21-12-20-40(31-42)34-23-26-39(27-24-34)50-55-48(37-16-6-2-7-17-37)54-49(56-50)38-18-8-3-9-19-38/h2*1-33H. The van der Waals surface area contributed by atoms with Crippen molar-refractivity contribution < 1.29 is 0 Å². The van der Waals surface area contributed by atoms with Gasteiger partial charge in [0.2, 0.25) is 0 Å². The smallest absolute Gasteiger partial charge is 0.164 e. The molecule has 0 radical (unpaired) electrons. The Labute approximate surface area is 647 Å². The van der Waals surface area contributed by atoms with Gasteiger partial charge in [0.1, 0.15) is 0 Å². The van der Waals surface area contributed by atoms with Crippen LogP contribution in [0.25, 0.3) is 201 Å². The van der Waals surface area contributed by atoms with Gasteiger partial charge in [-0.2, -0.15) is 0 Å². The van der Waals surface area contributed by atoms with Crippen molar-refractivity contribution >= 4 is 43.1 Å². The van der Waals surface area contributed by atoms with Crippen LogP contribution in [0.2, 0.25) is 0 Å². The number of hydrogen-bond donors (Lipinski definition) is 0. The highest BCUT2D eigenvalue weighted by molar-refractivity contribution is 6.09. The zero-order valence-corrected chi connectivity index (χ0v) is 60.6. The molecule has 0 amide bonds. The Hall–Kier alpha value is -15.3. The van der Waals surface area contributed by atoms with E-state index in [-0.39, 0.29) is 0 Å². The quantitative estimate of drug-likeness (QED) is 0.0971. The Morgan fingerprint density at radius 3 is 0.696 bits per heavy atom. The molecule has 4 heterocycles. The Kier molecular flexibility index (Phi) is 18.1. The molecule has 0 spiro atoms. The SMILES string of the molecule is c1ccc(-c2cc(-c3cccc(-c4ccc(-c5nc(-c6ccccc6)nc(-c6ccccc6)n5)cc4)c3)nc(-c3ccc4c(ccc5ccccc54)c3)n2)cc1.c1ccc(-c2nc(-c3cccc(-c4ccc(-c5nc(-c6ccccc6)nc(-c6ccccc6)n5)cc4)c3)cc(-c3ccc4c(ccc5ccccc54)c3)n2)cc1. The van der Waals surface area contributed by atoms with E-state index >= 15 is 0 Å². The third-order valence-electron chi connectivity index (χ3n) is 20.3. The van der Waals surface area contributed by atoms with Gasteiger partial charge in [-0.05, 0) is 102 Å². The molecule has 0 aliphatic rings. The first-order valence-electron chi connectivity index (χ1n) is 37.3. The minimum absolute atomic E-state index is 0.627. The Morgan fingerprint density at radius 1 is 0.107 bits per heavy atom. The lowest BCUT2D eigenvalue weighted by Gasteiger charge is -2.12. The minimum Gasteiger partial charge on any atom is -0.228 e. The summed E-state index contributed by atoms with van der Waals surface area (Å²) in [5.74, 6) is 5.19. The average molecular weight is 1430 g/mol. The van der Waals surface area contributed by atoms with E-state index in [1.54, 1.807) is 0 Å². The summed E-state index contributed by atoms with van der Waals surface area (Å²) in [7, 11) is 0. The molecular weight excluding hydrogens is 1370 g/mol. The second kappa shape index (κ2) is 30.2. The average Bonchev–Trinajstić information content (AvgIpc) is 0.791. The summed E-state index contributed by atoms with van der Waals surface area (Å²) in [5, 5.41) is 9.73. The molecule has 0 aliphatic heterocycles. The normalized spacial score (nSPS) is 11.2. The number of aromatic nitrogens is 10. The highest BCUT2D eigenvalue weighted by Crippen LogP contribution is 2.38. The molecule has 0 N–H and O–H groups in total. The fraction of sp³-hybridized carbons (Fsp3) is 0. The topological polar surface area (TPSA) is 129 Å². The highest BCUT2D eigenvalue weighted by atomic mass is 15.0. The predicted molar refractivity (Wildman–Crippen MR) is 457 cm³/mol. The molecule has 0 atom stereocenters. The van der Waals surface area contributed by atoms with E-state index in [2.05, 4.69) is 243 Å². The van der Waals surface area contributed by atoms with Crippen molar-refractivity contribution in [1.29, 1.82) is 0 Å². The van der Waals surface area contributed by atoms with Crippen LogP contribution in [-0.2, 0) is 0 Å². The second-order valence-electron chi connectivity index (χ2n) is 27.5. The fourth-order valence-electron chi connectivity index (χ4n) is 14.5. The summed E-state index contributed by atoms with van der Waals surface area (Å²) < 4.78 is 0. The van der Waals surface area contributed by atoms with E-state index in [0.29, 0.717) is 46.6 Å². The molecule has 16 aromatic carbocycles. The third kappa shape index (κ3) is 14.1. The van der Waals surface area contributed by atoms with E-state index in [0.717, 1.165) is 117 Å². The van der Waals surface area contributed by atoms with Gasteiger partial charge in [0.05, 0.1) is 22.8 Å². The third-order valence-corrected chi connectivity index (χ3v) is 20.3. The van der Waals surface area contributed by atoms with Crippen molar-refractivity contribution in [2.45, 2.75) is 0 Å². The molecule has 10 heteroatoms. The van der Waals surface area contributed by atoms with Crippen molar-refractivity contribution in [3.63, 3.8) is 0 Å². The molecule has 0 unspecified atom stereocenters. The van der Waals surface area contributed by atoms with Gasteiger partial charge in [-0.15, -0.1) is 0 Å². The van der Waals surface area contributed by atoms with Gasteiger partial charge in [0.15, 0.2) is 46.6 Å². The summed E-state index contributed by atoms with van der Waals surface area (Å²) in [6.07, 6.45) is 0. The summed E-state index contributed by atoms with van der Waals surface area (Å²) in [6, 6.07) is 138. The van der Waals surface area contributed by atoms with Gasteiger partial charge in [-0.3, -0.25) is 0 Å². The Bertz CT molecular complexity index is 6300. The van der Waals surface area contributed by atoms with Crippen molar-refractivity contribution in [2.24, 2.45) is 0 Å². The Balaban J connectivity index is 0.000000151. The maximum Gasteiger partial charge on any atom is 0.164 e. The number of fused-ring (bicyclic) bond motifs is 6. The first-order chi connectivity index (χ1) is 55.4. The minimum atomic E-state index is 0.627. The summed E-state index contributed by atoms with van der Waals surface area (Å²) >= 11 is 0. The molecule has 0 saturated carbocycles. The van der Waals surface area contributed by atoms with Crippen LogP contribution in [-0.4, -0.2) is 49.8 Å². The van der Waals surface area contributed by atoms with Gasteiger partial charge in [0, 0.05) is 66.8 Å². The van der Waals surface area contributed by atoms with Crippen LogP contribution < -0.4 is 0 Å². The lowest BCUT2D eigenvalue weighted by Crippen LogP contribution is -2.00. The molecule has 524 valence electrons. The predicted octanol–water partition coefficient (Wildman–Crippen LogP) is 25.3. The lowest BCUT2D eigenvalue weighted by molar-refractivity contribution is 1.07. The van der Waals surface area contributed by atoms with Crippen LogP contribution in [0.3, 0.4) is 0 Å². The van der Waals surface area contributed by atoms with E-state index in [1.165, 1.54) is 37.7 Å². The van der Waals surface area contributed by atoms with E-state index in [4.69, 9.17) is 49.8 Å². The summed E-state index contributed by atoms with van der Waals surface area (Å²) in [4.78, 5) is 49.9. The van der Waals surface area contributed by atoms with Crippen molar-refractivity contribution in [2.75, 3.05) is 0 Å². The maximum absolute atomic E-state index is 5.19. The van der Waals surface area contributed by atoms with Gasteiger partial charge in [0.25, 0.3) is 0 Å². The number of hydrogen-bond acceptors (Lipinski definition) is 10. The second-order valence-corrected chi connectivity index (χ2v) is 27.5. The molecular formula is C102H66N10. The molecule has 112 heavy (non-hydrogen) atoms. The van der Waals surface area contributed by atoms with Crippen molar-refractivity contribution in [1.82, 2.24) is 49.8 Å². The first-order valence-corrected chi connectivity index (χ1v) is 37.3. The molecule has 0 fully saturated rings. The van der Waals surface area contributed by atoms with Crippen LogP contribution in [0.5, 0.6) is 0 Å².